The molecule has 0 aliphatic carbocycles. The first-order valence-electron chi connectivity index (χ1n) is 15.3. The minimum absolute atomic E-state index is 0.176. The molecule has 0 spiro atoms. The van der Waals surface area contributed by atoms with Crippen LogP contribution in [0.4, 0.5) is 5.69 Å². The van der Waals surface area contributed by atoms with Gasteiger partial charge in [-0.1, -0.05) is 30.4 Å². The standard InChI is InChI=1S/C36H39N5O5/c1-24(42)39-36(40-14-8-5-9-15-40,20-26-21-37-32-11-7-6-10-30(26)32)35(43)41(23-25-16-28(45-3)18-29(17-25)46-4)34-22-38-33-13-12-27(44-2)19-31(33)34/h5-8,10-13,16-19,21-22,37-38H,9,14-15,20,23H2,1-4H3,(H,39,42). The molecule has 5 aromatic rings. The molecule has 2 aromatic heterocycles. The number of ether oxygens (including phenoxy) is 3. The van der Waals surface area contributed by atoms with E-state index < -0.39 is 5.66 Å². The fourth-order valence-corrected chi connectivity index (χ4v) is 6.40. The van der Waals surface area contributed by atoms with Crippen LogP contribution in [0.25, 0.3) is 21.8 Å². The molecule has 0 saturated heterocycles. The lowest BCUT2D eigenvalue weighted by Gasteiger charge is -2.46. The molecule has 0 fully saturated rings. The number of hydrogen-bond donors (Lipinski definition) is 3. The van der Waals surface area contributed by atoms with Crippen molar-refractivity contribution in [3.8, 4) is 17.2 Å². The van der Waals surface area contributed by atoms with Crippen molar-refractivity contribution in [2.24, 2.45) is 0 Å². The van der Waals surface area contributed by atoms with E-state index in [1.165, 1.54) is 6.92 Å². The van der Waals surface area contributed by atoms with Crippen molar-refractivity contribution in [3.63, 3.8) is 0 Å². The van der Waals surface area contributed by atoms with Crippen molar-refractivity contribution in [1.29, 1.82) is 0 Å². The maximum Gasteiger partial charge on any atom is 0.268 e. The first-order chi connectivity index (χ1) is 22.3. The number of aromatic amines is 2. The van der Waals surface area contributed by atoms with Crippen molar-refractivity contribution >= 4 is 39.3 Å². The number of H-pyrrole nitrogens is 2. The summed E-state index contributed by atoms with van der Waals surface area (Å²) in [6.07, 6.45) is 8.92. The number of aromatic nitrogens is 2. The highest BCUT2D eigenvalue weighted by Crippen LogP contribution is 2.36. The van der Waals surface area contributed by atoms with Gasteiger partial charge in [0.15, 0.2) is 5.66 Å². The molecule has 0 bridgehead atoms. The van der Waals surface area contributed by atoms with Gasteiger partial charge in [-0.15, -0.1) is 0 Å². The van der Waals surface area contributed by atoms with Crippen molar-refractivity contribution in [3.05, 3.63) is 96.3 Å². The first-order valence-corrected chi connectivity index (χ1v) is 15.3. The van der Waals surface area contributed by atoms with Crippen molar-refractivity contribution in [2.45, 2.75) is 32.0 Å². The molecule has 10 nitrogen and oxygen atoms in total. The molecule has 3 heterocycles. The maximum absolute atomic E-state index is 15.6. The Balaban J connectivity index is 1.56. The number of carbonyl (C=O) groups is 2. The largest absolute Gasteiger partial charge is 0.497 e. The Morgan fingerprint density at radius 3 is 2.28 bits per heavy atom. The quantitative estimate of drug-likeness (QED) is 0.167. The fraction of sp³-hybridized carbons (Fsp3) is 0.278. The molecule has 0 radical (unpaired) electrons. The van der Waals surface area contributed by atoms with Crippen molar-refractivity contribution in [1.82, 2.24) is 20.2 Å². The molecule has 3 N–H and O–H groups in total. The summed E-state index contributed by atoms with van der Waals surface area (Å²) in [5, 5.41) is 4.98. The average Bonchev–Trinajstić information content (AvgIpc) is 3.70. The number of carbonyl (C=O) groups excluding carboxylic acids is 2. The van der Waals surface area contributed by atoms with Gasteiger partial charge in [0.2, 0.25) is 5.91 Å². The van der Waals surface area contributed by atoms with Crippen LogP contribution in [-0.4, -0.2) is 66.8 Å². The van der Waals surface area contributed by atoms with Crippen molar-refractivity contribution < 1.29 is 23.8 Å². The highest BCUT2D eigenvalue weighted by Gasteiger charge is 2.48. The number of amides is 2. The third kappa shape index (κ3) is 5.91. The van der Waals surface area contributed by atoms with Gasteiger partial charge >= 0.3 is 0 Å². The molecular formula is C36H39N5O5. The zero-order chi connectivity index (χ0) is 32.3. The molecule has 1 aliphatic rings. The molecule has 10 heteroatoms. The van der Waals surface area contributed by atoms with Crippen LogP contribution in [-0.2, 0) is 22.6 Å². The molecule has 238 valence electrons. The highest BCUT2D eigenvalue weighted by atomic mass is 16.5. The van der Waals surface area contributed by atoms with E-state index in [0.29, 0.717) is 36.0 Å². The fourth-order valence-electron chi connectivity index (χ4n) is 6.40. The summed E-state index contributed by atoms with van der Waals surface area (Å²) in [6.45, 7) is 2.73. The summed E-state index contributed by atoms with van der Waals surface area (Å²) < 4.78 is 16.7. The first kappa shape index (κ1) is 30.8. The molecule has 3 aromatic carbocycles. The molecule has 1 aliphatic heterocycles. The zero-order valence-electron chi connectivity index (χ0n) is 26.6. The third-order valence-corrected chi connectivity index (χ3v) is 8.61. The second-order valence-electron chi connectivity index (χ2n) is 11.5. The number of rotatable bonds is 11. The molecule has 6 rings (SSSR count). The number of benzene rings is 3. The van der Waals surface area contributed by atoms with Crippen LogP contribution in [0.2, 0.25) is 0 Å². The van der Waals surface area contributed by atoms with E-state index in [4.69, 9.17) is 14.2 Å². The van der Waals surface area contributed by atoms with Gasteiger partial charge in [0.25, 0.3) is 5.91 Å². The Bertz CT molecular complexity index is 1890. The molecule has 1 atom stereocenters. The van der Waals surface area contributed by atoms with Gasteiger partial charge in [-0.2, -0.15) is 0 Å². The average molecular weight is 622 g/mol. The summed E-state index contributed by atoms with van der Waals surface area (Å²) in [4.78, 5) is 39.2. The van der Waals surface area contributed by atoms with Gasteiger partial charge in [-0.05, 0) is 53.9 Å². The number of nitrogens with one attached hydrogen (secondary N) is 3. The molecule has 46 heavy (non-hydrogen) atoms. The number of hydrogen-bond acceptors (Lipinski definition) is 6. The molecule has 0 saturated carbocycles. The SMILES string of the molecule is COc1cc(CN(C(=O)C(Cc2c[nH]c3ccccc23)(NC(C)=O)N2CC=CCC2)c2c[nH]c3ccc(OC)cc23)cc(OC)c1. The number of para-hydroxylation sites is 1. The Morgan fingerprint density at radius 2 is 1.59 bits per heavy atom. The Labute approximate surface area is 267 Å². The van der Waals surface area contributed by atoms with Crippen LogP contribution in [0.3, 0.4) is 0 Å². The van der Waals surface area contributed by atoms with Gasteiger partial charge in [0.1, 0.15) is 17.2 Å². The van der Waals surface area contributed by atoms with Gasteiger partial charge in [0, 0.05) is 66.7 Å². The summed E-state index contributed by atoms with van der Waals surface area (Å²) in [7, 11) is 4.81. The predicted octanol–water partition coefficient (Wildman–Crippen LogP) is 5.55. The van der Waals surface area contributed by atoms with Crippen LogP contribution >= 0.6 is 0 Å². The second kappa shape index (κ2) is 13.0. The van der Waals surface area contributed by atoms with E-state index in [0.717, 1.165) is 39.4 Å². The number of anilines is 1. The van der Waals surface area contributed by atoms with Gasteiger partial charge in [0.05, 0.1) is 33.6 Å². The van der Waals surface area contributed by atoms with Crippen LogP contribution in [0, 0.1) is 0 Å². The lowest BCUT2D eigenvalue weighted by molar-refractivity contribution is -0.139. The van der Waals surface area contributed by atoms with Gasteiger partial charge < -0.3 is 34.4 Å². The van der Waals surface area contributed by atoms with E-state index in [9.17, 15) is 4.79 Å². The summed E-state index contributed by atoms with van der Waals surface area (Å²) >= 11 is 0. The Kier molecular flexibility index (Phi) is 8.72. The summed E-state index contributed by atoms with van der Waals surface area (Å²) in [5.41, 5.74) is 2.76. The highest BCUT2D eigenvalue weighted by molar-refractivity contribution is 6.08. The van der Waals surface area contributed by atoms with Crippen molar-refractivity contribution in [2.75, 3.05) is 39.3 Å². The minimum atomic E-state index is -1.42. The van der Waals surface area contributed by atoms with Crippen LogP contribution in [0.15, 0.2) is 85.2 Å². The lowest BCUT2D eigenvalue weighted by atomic mass is 9.93. The Hall–Kier alpha value is -5.22. The Morgan fingerprint density at radius 1 is 0.870 bits per heavy atom. The summed E-state index contributed by atoms with van der Waals surface area (Å²) in [5.74, 6) is 1.31. The van der Waals surface area contributed by atoms with E-state index in [2.05, 4.69) is 32.3 Å². The normalized spacial score (nSPS) is 14.6. The van der Waals surface area contributed by atoms with E-state index in [-0.39, 0.29) is 24.8 Å². The number of methoxy groups -OCH3 is 3. The minimum Gasteiger partial charge on any atom is -0.497 e. The van der Waals surface area contributed by atoms with Gasteiger partial charge in [-0.25, -0.2) is 0 Å². The molecular weight excluding hydrogens is 582 g/mol. The van der Waals surface area contributed by atoms with Gasteiger partial charge in [-0.3, -0.25) is 14.5 Å². The number of nitrogens with zero attached hydrogens (tertiary/aromatic N) is 2. The smallest absolute Gasteiger partial charge is 0.268 e. The van der Waals surface area contributed by atoms with E-state index in [1.807, 2.05) is 67.0 Å². The van der Waals surface area contributed by atoms with Crippen LogP contribution in [0.5, 0.6) is 17.2 Å². The topological polar surface area (TPSA) is 112 Å². The molecule has 1 unspecified atom stereocenters. The number of fused-ring (bicyclic) bond motifs is 2. The monoisotopic (exact) mass is 621 g/mol. The van der Waals surface area contributed by atoms with E-state index >= 15 is 4.79 Å². The summed E-state index contributed by atoms with van der Waals surface area (Å²) in [6, 6.07) is 19.3. The van der Waals surface area contributed by atoms with E-state index in [1.54, 1.807) is 32.3 Å². The zero-order valence-corrected chi connectivity index (χ0v) is 26.6. The maximum atomic E-state index is 15.6. The molecule has 2 amide bonds. The van der Waals surface area contributed by atoms with Crippen LogP contribution < -0.4 is 24.4 Å². The second-order valence-corrected chi connectivity index (χ2v) is 11.5. The van der Waals surface area contributed by atoms with Crippen LogP contribution in [0.1, 0.15) is 24.5 Å². The predicted molar refractivity (Wildman–Crippen MR) is 179 cm³/mol. The lowest BCUT2D eigenvalue weighted by Crippen LogP contribution is -2.70. The third-order valence-electron chi connectivity index (χ3n) is 8.61.